The van der Waals surface area contributed by atoms with Crippen LogP contribution in [-0.2, 0) is 6.42 Å². The molecule has 0 aromatic carbocycles. The molecule has 0 aliphatic heterocycles. The highest BCUT2D eigenvalue weighted by molar-refractivity contribution is 4.93. The van der Waals surface area contributed by atoms with Crippen LogP contribution in [0.25, 0.3) is 0 Å². The van der Waals surface area contributed by atoms with E-state index in [0.29, 0.717) is 5.92 Å². The molecule has 0 aliphatic rings. The normalized spacial score (nSPS) is 9.42. The van der Waals surface area contributed by atoms with Gasteiger partial charge in [0.25, 0.3) is 0 Å². The first-order valence-corrected chi connectivity index (χ1v) is 4.60. The number of hydrogen-bond donors (Lipinski definition) is 0. The molecular formula is C10H19NO. The molecule has 0 spiro atoms. The third-order valence-electron chi connectivity index (χ3n) is 1.10. The highest BCUT2D eigenvalue weighted by Gasteiger charge is 1.98. The lowest BCUT2D eigenvalue weighted by molar-refractivity contribution is 0.369. The fraction of sp³-hybridized carbons (Fsp3) is 0.700. The van der Waals surface area contributed by atoms with E-state index in [1.807, 2.05) is 6.07 Å². The first kappa shape index (κ1) is 11.2. The first-order valence-electron chi connectivity index (χ1n) is 4.60. The lowest BCUT2D eigenvalue weighted by atomic mass is 10.1. The van der Waals surface area contributed by atoms with Gasteiger partial charge in [-0.2, -0.15) is 0 Å². The van der Waals surface area contributed by atoms with Crippen molar-refractivity contribution >= 4 is 0 Å². The molecule has 0 unspecified atom stereocenters. The Labute approximate surface area is 75.0 Å². The average molecular weight is 169 g/mol. The molecule has 70 valence electrons. The molecule has 0 fully saturated rings. The molecule has 0 N–H and O–H groups in total. The van der Waals surface area contributed by atoms with Crippen molar-refractivity contribution in [3.63, 3.8) is 0 Å². The first-order chi connectivity index (χ1) is 5.70. The van der Waals surface area contributed by atoms with Crippen LogP contribution in [0.3, 0.4) is 0 Å². The van der Waals surface area contributed by atoms with E-state index in [2.05, 4.69) is 32.9 Å². The maximum Gasteiger partial charge on any atom is 0.136 e. The predicted octanol–water partition coefficient (Wildman–Crippen LogP) is 3.29. The van der Waals surface area contributed by atoms with Crippen LogP contribution < -0.4 is 0 Å². The molecule has 2 heteroatoms. The van der Waals surface area contributed by atoms with Crippen LogP contribution >= 0.6 is 0 Å². The molecule has 0 atom stereocenters. The highest BCUT2D eigenvalue weighted by Crippen LogP contribution is 2.05. The highest BCUT2D eigenvalue weighted by atomic mass is 16.5. The molecular weight excluding hydrogens is 150 g/mol. The van der Waals surface area contributed by atoms with Gasteiger partial charge < -0.3 is 4.52 Å². The van der Waals surface area contributed by atoms with Crippen molar-refractivity contribution in [1.82, 2.24) is 5.16 Å². The third-order valence-corrected chi connectivity index (χ3v) is 1.10. The van der Waals surface area contributed by atoms with Crippen LogP contribution in [0.5, 0.6) is 0 Å². The standard InChI is InChI=1S/C7H11NO.C3H8/c1-6(2)5-7-3-4-8-9-7;1-3-2/h3-4,6H,5H2,1-2H3;3H2,1-2H3. The minimum atomic E-state index is 0.651. The lowest BCUT2D eigenvalue weighted by Crippen LogP contribution is -1.90. The van der Waals surface area contributed by atoms with Gasteiger partial charge >= 0.3 is 0 Å². The van der Waals surface area contributed by atoms with Gasteiger partial charge in [-0.25, -0.2) is 0 Å². The Balaban J connectivity index is 0.000000354. The van der Waals surface area contributed by atoms with E-state index >= 15 is 0 Å². The molecule has 0 aliphatic carbocycles. The van der Waals surface area contributed by atoms with E-state index in [0.717, 1.165) is 12.2 Å². The van der Waals surface area contributed by atoms with Gasteiger partial charge in [-0.15, -0.1) is 0 Å². The fourth-order valence-electron chi connectivity index (χ4n) is 0.750. The quantitative estimate of drug-likeness (QED) is 0.679. The Hall–Kier alpha value is -0.790. The summed E-state index contributed by atoms with van der Waals surface area (Å²) >= 11 is 0. The summed E-state index contributed by atoms with van der Waals surface area (Å²) in [7, 11) is 0. The number of hydrogen-bond acceptors (Lipinski definition) is 2. The second kappa shape index (κ2) is 6.89. The van der Waals surface area contributed by atoms with Gasteiger partial charge in [-0.3, -0.25) is 0 Å². The maximum absolute atomic E-state index is 4.89. The monoisotopic (exact) mass is 169 g/mol. The van der Waals surface area contributed by atoms with Crippen LogP contribution in [-0.4, -0.2) is 5.16 Å². The van der Waals surface area contributed by atoms with Crippen molar-refractivity contribution in [2.45, 2.75) is 40.5 Å². The summed E-state index contributed by atoms with van der Waals surface area (Å²) in [5, 5.41) is 3.60. The van der Waals surface area contributed by atoms with E-state index in [1.165, 1.54) is 6.42 Å². The van der Waals surface area contributed by atoms with Gasteiger partial charge in [-0.1, -0.05) is 39.3 Å². The van der Waals surface area contributed by atoms with Crippen LogP contribution in [0.4, 0.5) is 0 Å². The Kier molecular flexibility index (Phi) is 6.44. The molecule has 2 nitrogen and oxygen atoms in total. The minimum Gasteiger partial charge on any atom is -0.361 e. The summed E-state index contributed by atoms with van der Waals surface area (Å²) in [6.45, 7) is 8.56. The largest absolute Gasteiger partial charge is 0.361 e. The molecule has 1 heterocycles. The number of nitrogens with zero attached hydrogens (tertiary/aromatic N) is 1. The van der Waals surface area contributed by atoms with Crippen LogP contribution in [0, 0.1) is 5.92 Å². The fourth-order valence-corrected chi connectivity index (χ4v) is 0.750. The van der Waals surface area contributed by atoms with Gasteiger partial charge in [0.05, 0.1) is 6.20 Å². The topological polar surface area (TPSA) is 26.0 Å². The van der Waals surface area contributed by atoms with E-state index in [4.69, 9.17) is 4.52 Å². The Morgan fingerprint density at radius 3 is 2.33 bits per heavy atom. The summed E-state index contributed by atoms with van der Waals surface area (Å²) < 4.78 is 4.89. The molecule has 0 bridgehead atoms. The Morgan fingerprint density at radius 1 is 1.42 bits per heavy atom. The van der Waals surface area contributed by atoms with Gasteiger partial charge in [0.15, 0.2) is 0 Å². The van der Waals surface area contributed by atoms with Crippen molar-refractivity contribution in [2.24, 2.45) is 5.92 Å². The minimum absolute atomic E-state index is 0.651. The van der Waals surface area contributed by atoms with E-state index in [9.17, 15) is 0 Å². The maximum atomic E-state index is 4.89. The van der Waals surface area contributed by atoms with E-state index in [-0.39, 0.29) is 0 Å². The zero-order valence-electron chi connectivity index (χ0n) is 8.50. The molecule has 0 saturated carbocycles. The predicted molar refractivity (Wildman–Crippen MR) is 51.0 cm³/mol. The number of aromatic nitrogens is 1. The van der Waals surface area contributed by atoms with Crippen molar-refractivity contribution in [3.05, 3.63) is 18.0 Å². The molecule has 1 rings (SSSR count). The zero-order valence-corrected chi connectivity index (χ0v) is 8.50. The van der Waals surface area contributed by atoms with Crippen LogP contribution in [0.15, 0.2) is 16.8 Å². The van der Waals surface area contributed by atoms with Gasteiger partial charge in [0.2, 0.25) is 0 Å². The smallest absolute Gasteiger partial charge is 0.136 e. The molecule has 0 saturated heterocycles. The van der Waals surface area contributed by atoms with Crippen LogP contribution in [0.1, 0.15) is 39.9 Å². The molecule has 12 heavy (non-hydrogen) atoms. The molecule has 0 amide bonds. The number of rotatable bonds is 2. The lowest BCUT2D eigenvalue weighted by Gasteiger charge is -1.96. The average Bonchev–Trinajstić information content (AvgIpc) is 2.40. The van der Waals surface area contributed by atoms with Gasteiger partial charge in [0.1, 0.15) is 5.76 Å². The summed E-state index contributed by atoms with van der Waals surface area (Å²) in [5.41, 5.74) is 0. The summed E-state index contributed by atoms with van der Waals surface area (Å²) in [5.74, 6) is 1.63. The van der Waals surface area contributed by atoms with Crippen molar-refractivity contribution in [2.75, 3.05) is 0 Å². The summed E-state index contributed by atoms with van der Waals surface area (Å²) in [6, 6.07) is 1.90. The van der Waals surface area contributed by atoms with Crippen molar-refractivity contribution in [1.29, 1.82) is 0 Å². The SMILES string of the molecule is CC(C)Cc1ccno1.CCC. The van der Waals surface area contributed by atoms with Gasteiger partial charge in [0, 0.05) is 12.5 Å². The van der Waals surface area contributed by atoms with Crippen LogP contribution in [0.2, 0.25) is 0 Å². The summed E-state index contributed by atoms with van der Waals surface area (Å²) in [6.07, 6.45) is 3.91. The Morgan fingerprint density at radius 2 is 2.00 bits per heavy atom. The second-order valence-electron chi connectivity index (χ2n) is 3.28. The van der Waals surface area contributed by atoms with Gasteiger partial charge in [-0.05, 0) is 5.92 Å². The van der Waals surface area contributed by atoms with E-state index in [1.54, 1.807) is 6.20 Å². The Bertz CT molecular complexity index is 168. The van der Waals surface area contributed by atoms with Crippen molar-refractivity contribution in [3.8, 4) is 0 Å². The molecule has 1 aromatic heterocycles. The molecule has 1 aromatic rings. The zero-order chi connectivity index (χ0) is 9.40. The summed E-state index contributed by atoms with van der Waals surface area (Å²) in [4.78, 5) is 0. The molecule has 0 radical (unpaired) electrons. The second-order valence-corrected chi connectivity index (χ2v) is 3.28. The van der Waals surface area contributed by atoms with Crippen molar-refractivity contribution < 1.29 is 4.52 Å². The van der Waals surface area contributed by atoms with E-state index < -0.39 is 0 Å². The third kappa shape index (κ3) is 5.96.